The predicted octanol–water partition coefficient (Wildman–Crippen LogP) is 3.50. The minimum absolute atomic E-state index is 0.497. The van der Waals surface area contributed by atoms with Crippen LogP contribution in [0.2, 0.25) is 0 Å². The van der Waals surface area contributed by atoms with Crippen LogP contribution in [0, 0.1) is 0 Å². The number of benzene rings is 2. The first-order valence-electron chi connectivity index (χ1n) is 9.61. The Labute approximate surface area is 181 Å². The minimum atomic E-state index is 0.497. The van der Waals surface area contributed by atoms with Gasteiger partial charge in [-0.15, -0.1) is 11.3 Å². The highest BCUT2D eigenvalue weighted by molar-refractivity contribution is 7.18. The van der Waals surface area contributed by atoms with E-state index in [4.69, 9.17) is 21.4 Å². The molecule has 31 heavy (non-hydrogen) atoms. The van der Waals surface area contributed by atoms with Gasteiger partial charge >= 0.3 is 0 Å². The van der Waals surface area contributed by atoms with Gasteiger partial charge in [-0.2, -0.15) is 0 Å². The second-order valence-corrected chi connectivity index (χ2v) is 8.10. The second kappa shape index (κ2) is 7.37. The fourth-order valence-corrected chi connectivity index (χ4v) is 4.32. The number of nitrogens with one attached hydrogen (secondary N) is 2. The summed E-state index contributed by atoms with van der Waals surface area (Å²) >= 11 is 1.62. The number of aliphatic imine (C=N–C) groups is 2. The van der Waals surface area contributed by atoms with E-state index in [0.29, 0.717) is 11.7 Å². The highest BCUT2D eigenvalue weighted by Crippen LogP contribution is 2.33. The Hall–Kier alpha value is -3.98. The van der Waals surface area contributed by atoms with Gasteiger partial charge in [0.05, 0.1) is 31.8 Å². The van der Waals surface area contributed by atoms with Crippen molar-refractivity contribution >= 4 is 45.1 Å². The van der Waals surface area contributed by atoms with Crippen LogP contribution in [0.4, 0.5) is 0 Å². The van der Waals surface area contributed by atoms with E-state index >= 15 is 0 Å². The summed E-state index contributed by atoms with van der Waals surface area (Å²) in [5, 5.41) is 0. The standard InChI is InChI=1S/C22H20N8S/c1-25-19(23)11-3-5-13-15(9-11)29-21(27-13)17-7-8-18(31-17)22-28-14-6-4-12(20(24)26-2)10-16(14)30-22/h3-10H,1-2H3,(H2,23,25)(H2,24,26)(H,27,29)(H,28,30). The summed E-state index contributed by atoms with van der Waals surface area (Å²) in [4.78, 5) is 26.3. The zero-order valence-electron chi connectivity index (χ0n) is 17.0. The third kappa shape index (κ3) is 3.34. The minimum Gasteiger partial charge on any atom is -0.384 e. The summed E-state index contributed by atoms with van der Waals surface area (Å²) in [6, 6.07) is 15.7. The van der Waals surface area contributed by atoms with Crippen LogP contribution in [0.15, 0.2) is 58.5 Å². The first-order valence-corrected chi connectivity index (χ1v) is 10.4. The maximum Gasteiger partial charge on any atom is 0.148 e. The van der Waals surface area contributed by atoms with Gasteiger partial charge in [0.15, 0.2) is 0 Å². The third-order valence-corrected chi connectivity index (χ3v) is 6.21. The van der Waals surface area contributed by atoms with Gasteiger partial charge in [-0.3, -0.25) is 9.98 Å². The number of rotatable bonds is 4. The summed E-state index contributed by atoms with van der Waals surface area (Å²) in [5.41, 5.74) is 17.2. The molecule has 3 heterocycles. The lowest BCUT2D eigenvalue weighted by Crippen LogP contribution is -2.12. The van der Waals surface area contributed by atoms with E-state index in [2.05, 4.69) is 20.0 Å². The Morgan fingerprint density at radius 1 is 0.742 bits per heavy atom. The van der Waals surface area contributed by atoms with Crippen molar-refractivity contribution in [2.24, 2.45) is 21.5 Å². The molecule has 5 aromatic rings. The monoisotopic (exact) mass is 428 g/mol. The van der Waals surface area contributed by atoms with E-state index in [-0.39, 0.29) is 0 Å². The molecule has 0 radical (unpaired) electrons. The van der Waals surface area contributed by atoms with E-state index in [0.717, 1.165) is 54.6 Å². The van der Waals surface area contributed by atoms with E-state index < -0.39 is 0 Å². The molecule has 0 unspecified atom stereocenters. The maximum atomic E-state index is 5.93. The van der Waals surface area contributed by atoms with Gasteiger partial charge in [-0.1, -0.05) is 0 Å². The lowest BCUT2D eigenvalue weighted by atomic mass is 10.2. The molecule has 8 nitrogen and oxygen atoms in total. The number of imidazole rings is 2. The number of thiophene rings is 1. The van der Waals surface area contributed by atoms with Crippen LogP contribution in [0.5, 0.6) is 0 Å². The molecule has 0 fully saturated rings. The van der Waals surface area contributed by atoms with E-state index in [9.17, 15) is 0 Å². The maximum absolute atomic E-state index is 5.93. The zero-order valence-corrected chi connectivity index (χ0v) is 17.8. The molecule has 0 saturated carbocycles. The number of hydrogen-bond acceptors (Lipinski definition) is 5. The molecule has 0 aliphatic carbocycles. The van der Waals surface area contributed by atoms with Crippen molar-refractivity contribution in [3.8, 4) is 21.4 Å². The Bertz CT molecular complexity index is 1370. The molecule has 0 aliphatic rings. The van der Waals surface area contributed by atoms with E-state index in [1.54, 1.807) is 25.4 Å². The number of fused-ring (bicyclic) bond motifs is 2. The van der Waals surface area contributed by atoms with Crippen molar-refractivity contribution in [2.75, 3.05) is 14.1 Å². The largest absolute Gasteiger partial charge is 0.384 e. The fourth-order valence-electron chi connectivity index (χ4n) is 3.42. The highest BCUT2D eigenvalue weighted by Gasteiger charge is 2.13. The van der Waals surface area contributed by atoms with Gasteiger partial charge in [0.2, 0.25) is 0 Å². The first-order chi connectivity index (χ1) is 15.1. The summed E-state index contributed by atoms with van der Waals surface area (Å²) in [6.45, 7) is 0. The number of aromatic amines is 2. The Morgan fingerprint density at radius 3 is 1.61 bits per heavy atom. The molecule has 0 atom stereocenters. The lowest BCUT2D eigenvalue weighted by Gasteiger charge is -1.98. The Kier molecular flexibility index (Phi) is 4.52. The molecule has 0 saturated heterocycles. The average Bonchev–Trinajstić information content (AvgIpc) is 3.53. The number of H-pyrrole nitrogens is 2. The summed E-state index contributed by atoms with van der Waals surface area (Å²) in [6.07, 6.45) is 0. The van der Waals surface area contributed by atoms with Crippen molar-refractivity contribution in [1.82, 2.24) is 19.9 Å². The molecular formula is C22H20N8S. The SMILES string of the molecule is CN=C(N)c1ccc2nc(-c3ccc(-c4nc5ccc(C(N)=NC)cc5[nH]4)s3)[nH]c2c1. The number of hydrogen-bond donors (Lipinski definition) is 4. The highest BCUT2D eigenvalue weighted by atomic mass is 32.1. The normalized spacial score (nSPS) is 12.8. The molecule has 0 spiro atoms. The first kappa shape index (κ1) is 19.0. The molecule has 0 amide bonds. The van der Waals surface area contributed by atoms with Crippen LogP contribution in [-0.4, -0.2) is 45.7 Å². The topological polar surface area (TPSA) is 134 Å². The molecule has 2 aromatic carbocycles. The van der Waals surface area contributed by atoms with Gasteiger partial charge in [-0.05, 0) is 48.5 Å². The number of nitrogens with two attached hydrogens (primary N) is 2. The van der Waals surface area contributed by atoms with Gasteiger partial charge in [0.1, 0.15) is 23.3 Å². The van der Waals surface area contributed by atoms with Gasteiger partial charge < -0.3 is 21.4 Å². The summed E-state index contributed by atoms with van der Waals surface area (Å²) in [7, 11) is 3.35. The van der Waals surface area contributed by atoms with Crippen LogP contribution < -0.4 is 11.5 Å². The zero-order chi connectivity index (χ0) is 21.5. The number of amidine groups is 2. The number of aromatic nitrogens is 4. The van der Waals surface area contributed by atoms with Crippen LogP contribution >= 0.6 is 11.3 Å². The van der Waals surface area contributed by atoms with Crippen molar-refractivity contribution in [2.45, 2.75) is 0 Å². The predicted molar refractivity (Wildman–Crippen MR) is 128 cm³/mol. The van der Waals surface area contributed by atoms with Crippen molar-refractivity contribution in [3.05, 3.63) is 59.7 Å². The molecule has 5 rings (SSSR count). The van der Waals surface area contributed by atoms with Crippen molar-refractivity contribution in [1.29, 1.82) is 0 Å². The third-order valence-electron chi connectivity index (χ3n) is 5.11. The molecule has 0 bridgehead atoms. The van der Waals surface area contributed by atoms with Gasteiger partial charge in [0, 0.05) is 25.2 Å². The molecule has 3 aromatic heterocycles. The van der Waals surface area contributed by atoms with Gasteiger partial charge in [0.25, 0.3) is 0 Å². The smallest absolute Gasteiger partial charge is 0.148 e. The van der Waals surface area contributed by atoms with Gasteiger partial charge in [-0.25, -0.2) is 9.97 Å². The van der Waals surface area contributed by atoms with Crippen molar-refractivity contribution in [3.63, 3.8) is 0 Å². The van der Waals surface area contributed by atoms with Crippen LogP contribution in [-0.2, 0) is 0 Å². The van der Waals surface area contributed by atoms with Crippen LogP contribution in [0.25, 0.3) is 43.5 Å². The Balaban J connectivity index is 1.49. The number of nitrogens with zero attached hydrogens (tertiary/aromatic N) is 4. The Morgan fingerprint density at radius 2 is 1.19 bits per heavy atom. The van der Waals surface area contributed by atoms with Crippen molar-refractivity contribution < 1.29 is 0 Å². The molecule has 154 valence electrons. The fraction of sp³-hybridized carbons (Fsp3) is 0.0909. The molecule has 9 heteroatoms. The second-order valence-electron chi connectivity index (χ2n) is 7.02. The lowest BCUT2D eigenvalue weighted by molar-refractivity contribution is 1.36. The van der Waals surface area contributed by atoms with E-state index in [1.165, 1.54) is 0 Å². The molecule has 0 aliphatic heterocycles. The van der Waals surface area contributed by atoms with E-state index in [1.807, 2.05) is 48.5 Å². The molecule has 6 N–H and O–H groups in total. The average molecular weight is 429 g/mol. The molecular weight excluding hydrogens is 408 g/mol. The summed E-state index contributed by atoms with van der Waals surface area (Å²) < 4.78 is 0. The van der Waals surface area contributed by atoms with Crippen LogP contribution in [0.1, 0.15) is 11.1 Å². The van der Waals surface area contributed by atoms with Crippen LogP contribution in [0.3, 0.4) is 0 Å². The quantitative estimate of drug-likeness (QED) is 0.257. The summed E-state index contributed by atoms with van der Waals surface area (Å²) in [5.74, 6) is 2.61.